The lowest BCUT2D eigenvalue weighted by molar-refractivity contribution is 0.0702. The molecule has 5 rings (SSSR count). The summed E-state index contributed by atoms with van der Waals surface area (Å²) in [6.07, 6.45) is 2.06. The van der Waals surface area contributed by atoms with E-state index in [1.165, 1.54) is 16.0 Å². The van der Waals surface area contributed by atoms with Gasteiger partial charge in [-0.1, -0.05) is 12.1 Å². The molecule has 0 saturated carbocycles. The molecule has 1 fully saturated rings. The van der Waals surface area contributed by atoms with Gasteiger partial charge in [0, 0.05) is 30.0 Å². The van der Waals surface area contributed by atoms with Crippen molar-refractivity contribution in [2.24, 2.45) is 0 Å². The molecular weight excluding hydrogens is 414 g/mol. The maximum absolute atomic E-state index is 13.1. The molecule has 0 aliphatic carbocycles. The Bertz CT molecular complexity index is 1150. The van der Waals surface area contributed by atoms with E-state index in [1.807, 2.05) is 46.7 Å². The van der Waals surface area contributed by atoms with Gasteiger partial charge in [-0.25, -0.2) is 9.97 Å². The first-order chi connectivity index (χ1) is 14.7. The first-order valence-corrected chi connectivity index (χ1v) is 11.7. The molecule has 152 valence electrons. The van der Waals surface area contributed by atoms with E-state index < -0.39 is 0 Å². The molecule has 4 aromatic rings. The Morgan fingerprint density at radius 2 is 1.97 bits per heavy atom. The zero-order valence-corrected chi connectivity index (χ0v) is 18.2. The summed E-state index contributed by atoms with van der Waals surface area (Å²) in [5.41, 5.74) is 2.56. The highest BCUT2D eigenvalue weighted by molar-refractivity contribution is 7.18. The molecule has 5 nitrogen and oxygen atoms in total. The van der Waals surface area contributed by atoms with Gasteiger partial charge in [-0.15, -0.1) is 22.7 Å². The highest BCUT2D eigenvalue weighted by atomic mass is 32.1. The number of thiazole rings is 2. The number of methoxy groups -OCH3 is 1. The van der Waals surface area contributed by atoms with E-state index in [9.17, 15) is 4.79 Å². The SMILES string of the molecule is COc1ccc(-c2nc(C(=O)N3CCCC(c4nc5ccccc5s4)C3)cs2)cc1. The van der Waals surface area contributed by atoms with E-state index in [1.54, 1.807) is 18.4 Å². The third kappa shape index (κ3) is 3.70. The van der Waals surface area contributed by atoms with Crippen molar-refractivity contribution < 1.29 is 9.53 Å². The number of aromatic nitrogens is 2. The molecule has 1 aliphatic rings. The van der Waals surface area contributed by atoms with Gasteiger partial charge in [0.2, 0.25) is 0 Å². The molecule has 0 radical (unpaired) electrons. The quantitative estimate of drug-likeness (QED) is 0.428. The number of hydrogen-bond donors (Lipinski definition) is 0. The number of fused-ring (bicyclic) bond motifs is 1. The Morgan fingerprint density at radius 1 is 1.13 bits per heavy atom. The molecule has 1 amide bonds. The maximum atomic E-state index is 13.1. The van der Waals surface area contributed by atoms with Gasteiger partial charge in [-0.3, -0.25) is 4.79 Å². The lowest BCUT2D eigenvalue weighted by Gasteiger charge is -2.31. The van der Waals surface area contributed by atoms with Gasteiger partial charge < -0.3 is 9.64 Å². The lowest BCUT2D eigenvalue weighted by Crippen LogP contribution is -2.39. The molecule has 2 aromatic carbocycles. The number of hydrogen-bond acceptors (Lipinski definition) is 6. The van der Waals surface area contributed by atoms with E-state index >= 15 is 0 Å². The highest BCUT2D eigenvalue weighted by Gasteiger charge is 2.28. The van der Waals surface area contributed by atoms with Crippen LogP contribution < -0.4 is 4.74 Å². The third-order valence-corrected chi connectivity index (χ3v) is 7.52. The normalized spacial score (nSPS) is 16.7. The number of ether oxygens (including phenoxy) is 1. The number of para-hydroxylation sites is 1. The van der Waals surface area contributed by atoms with E-state index in [0.29, 0.717) is 18.2 Å². The number of nitrogens with zero attached hydrogens (tertiary/aromatic N) is 3. The summed E-state index contributed by atoms with van der Waals surface area (Å²) in [6.45, 7) is 1.48. The minimum atomic E-state index is 0.0109. The third-order valence-electron chi connectivity index (χ3n) is 5.43. The first kappa shape index (κ1) is 19.2. The van der Waals surface area contributed by atoms with Crippen molar-refractivity contribution in [3.8, 4) is 16.3 Å². The molecule has 1 saturated heterocycles. The molecule has 1 unspecified atom stereocenters. The standard InChI is InChI=1S/C23H21N3O2S2/c1-28-17-10-8-15(9-11-17)21-25-19(14-29-21)23(27)26-12-4-5-16(13-26)22-24-18-6-2-3-7-20(18)30-22/h2-3,6-11,14,16H,4-5,12-13H2,1H3. The van der Waals surface area contributed by atoms with Gasteiger partial charge in [-0.05, 0) is 49.2 Å². The van der Waals surface area contributed by atoms with Crippen molar-refractivity contribution in [3.63, 3.8) is 0 Å². The minimum Gasteiger partial charge on any atom is -0.497 e. The summed E-state index contributed by atoms with van der Waals surface area (Å²) in [5, 5.41) is 3.84. The second-order valence-corrected chi connectivity index (χ2v) is 9.30. The number of rotatable bonds is 4. The average molecular weight is 436 g/mol. The van der Waals surface area contributed by atoms with Crippen LogP contribution in [0.2, 0.25) is 0 Å². The molecule has 1 atom stereocenters. The largest absolute Gasteiger partial charge is 0.497 e. The van der Waals surface area contributed by atoms with Gasteiger partial charge in [0.25, 0.3) is 5.91 Å². The second-order valence-electron chi connectivity index (χ2n) is 7.38. The fraction of sp³-hybridized carbons (Fsp3) is 0.261. The summed E-state index contributed by atoms with van der Waals surface area (Å²) in [7, 11) is 1.65. The fourth-order valence-electron chi connectivity index (χ4n) is 3.83. The average Bonchev–Trinajstić information content (AvgIpc) is 3.46. The van der Waals surface area contributed by atoms with E-state index in [4.69, 9.17) is 9.72 Å². The lowest BCUT2D eigenvalue weighted by atomic mass is 9.98. The molecule has 1 aliphatic heterocycles. The van der Waals surface area contributed by atoms with Crippen LogP contribution in [0.3, 0.4) is 0 Å². The van der Waals surface area contributed by atoms with Crippen molar-refractivity contribution in [1.29, 1.82) is 0 Å². The minimum absolute atomic E-state index is 0.0109. The monoisotopic (exact) mass is 435 g/mol. The van der Waals surface area contributed by atoms with Crippen molar-refractivity contribution in [2.75, 3.05) is 20.2 Å². The summed E-state index contributed by atoms with van der Waals surface area (Å²) < 4.78 is 6.42. The molecule has 30 heavy (non-hydrogen) atoms. The Kier molecular flexibility index (Phi) is 5.23. The smallest absolute Gasteiger partial charge is 0.273 e. The molecular formula is C23H21N3O2S2. The van der Waals surface area contributed by atoms with Crippen LogP contribution >= 0.6 is 22.7 Å². The number of carbonyl (C=O) groups is 1. The predicted molar refractivity (Wildman–Crippen MR) is 122 cm³/mol. The number of benzene rings is 2. The number of piperidine rings is 1. The summed E-state index contributed by atoms with van der Waals surface area (Å²) in [5.74, 6) is 1.11. The Labute approximate surface area is 183 Å². The predicted octanol–water partition coefficient (Wildman–Crippen LogP) is 5.45. The molecule has 7 heteroatoms. The van der Waals surface area contributed by atoms with Crippen LogP contribution in [0.15, 0.2) is 53.9 Å². The summed E-state index contributed by atoms with van der Waals surface area (Å²) >= 11 is 3.24. The second kappa shape index (κ2) is 8.16. The molecule has 2 aromatic heterocycles. The number of likely N-dealkylation sites (tertiary alicyclic amines) is 1. The number of carbonyl (C=O) groups excluding carboxylic acids is 1. The Morgan fingerprint density at radius 3 is 2.77 bits per heavy atom. The highest BCUT2D eigenvalue weighted by Crippen LogP contribution is 2.34. The first-order valence-electron chi connectivity index (χ1n) is 9.96. The van der Waals surface area contributed by atoms with Gasteiger partial charge >= 0.3 is 0 Å². The maximum Gasteiger partial charge on any atom is 0.273 e. The number of amides is 1. The zero-order chi connectivity index (χ0) is 20.5. The van der Waals surface area contributed by atoms with Gasteiger partial charge in [0.1, 0.15) is 16.5 Å². The van der Waals surface area contributed by atoms with Crippen molar-refractivity contribution in [1.82, 2.24) is 14.9 Å². The van der Waals surface area contributed by atoms with Gasteiger partial charge in [0.05, 0.1) is 22.3 Å². The van der Waals surface area contributed by atoms with Gasteiger partial charge in [-0.2, -0.15) is 0 Å². The molecule has 0 N–H and O–H groups in total. The van der Waals surface area contributed by atoms with E-state index in [0.717, 1.165) is 46.2 Å². The summed E-state index contributed by atoms with van der Waals surface area (Å²) in [4.78, 5) is 24.5. The Balaban J connectivity index is 1.32. The fourth-order valence-corrected chi connectivity index (χ4v) is 5.72. The summed E-state index contributed by atoms with van der Waals surface area (Å²) in [6, 6.07) is 16.0. The van der Waals surface area contributed by atoms with Crippen LogP contribution in [-0.4, -0.2) is 41.0 Å². The van der Waals surface area contributed by atoms with Crippen LogP contribution in [0.1, 0.15) is 34.3 Å². The van der Waals surface area contributed by atoms with Gasteiger partial charge in [0.15, 0.2) is 0 Å². The van der Waals surface area contributed by atoms with Crippen LogP contribution in [0.5, 0.6) is 5.75 Å². The molecule has 0 bridgehead atoms. The van der Waals surface area contributed by atoms with Crippen LogP contribution in [-0.2, 0) is 0 Å². The molecule has 3 heterocycles. The van der Waals surface area contributed by atoms with Crippen molar-refractivity contribution >= 4 is 38.8 Å². The van der Waals surface area contributed by atoms with E-state index in [-0.39, 0.29) is 5.91 Å². The van der Waals surface area contributed by atoms with Crippen LogP contribution in [0.4, 0.5) is 0 Å². The van der Waals surface area contributed by atoms with Crippen LogP contribution in [0, 0.1) is 0 Å². The topological polar surface area (TPSA) is 55.3 Å². The Hall–Kier alpha value is -2.77. The molecule has 0 spiro atoms. The van der Waals surface area contributed by atoms with Crippen molar-refractivity contribution in [2.45, 2.75) is 18.8 Å². The van der Waals surface area contributed by atoms with Crippen molar-refractivity contribution in [3.05, 3.63) is 64.6 Å². The van der Waals surface area contributed by atoms with E-state index in [2.05, 4.69) is 17.1 Å². The van der Waals surface area contributed by atoms with Crippen LogP contribution in [0.25, 0.3) is 20.8 Å². The zero-order valence-electron chi connectivity index (χ0n) is 16.6.